The Balaban J connectivity index is 0.00000200. The zero-order chi connectivity index (χ0) is 13.9. The summed E-state index contributed by atoms with van der Waals surface area (Å²) in [4.78, 5) is 0.291. The molecule has 1 aromatic carbocycles. The van der Waals surface area contributed by atoms with Gasteiger partial charge in [-0.2, -0.15) is 0 Å². The summed E-state index contributed by atoms with van der Waals surface area (Å²) in [7, 11) is -3.44. The number of benzene rings is 1. The molecule has 0 radical (unpaired) electrons. The third-order valence-electron chi connectivity index (χ3n) is 3.10. The molecule has 0 aliphatic carbocycles. The van der Waals surface area contributed by atoms with Crippen molar-refractivity contribution in [1.29, 1.82) is 0 Å². The van der Waals surface area contributed by atoms with E-state index in [1.807, 2.05) is 13.0 Å². The fourth-order valence-electron chi connectivity index (χ4n) is 1.84. The van der Waals surface area contributed by atoms with E-state index in [4.69, 9.17) is 0 Å². The van der Waals surface area contributed by atoms with Gasteiger partial charge in [-0.25, -0.2) is 13.1 Å². The Morgan fingerprint density at radius 2 is 2.15 bits per heavy atom. The van der Waals surface area contributed by atoms with Crippen molar-refractivity contribution >= 4 is 38.4 Å². The Labute approximate surface area is 134 Å². The molecule has 0 unspecified atom stereocenters. The van der Waals surface area contributed by atoms with Crippen LogP contribution < -0.4 is 10.0 Å². The third-order valence-corrected chi connectivity index (χ3v) is 5.35. The molecular weight excluding hydrogens is 364 g/mol. The van der Waals surface area contributed by atoms with Gasteiger partial charge in [0.1, 0.15) is 0 Å². The predicted molar refractivity (Wildman–Crippen MR) is 86.9 cm³/mol. The van der Waals surface area contributed by atoms with Gasteiger partial charge in [0.2, 0.25) is 10.0 Å². The van der Waals surface area contributed by atoms with Crippen molar-refractivity contribution in [3.8, 4) is 0 Å². The van der Waals surface area contributed by atoms with Gasteiger partial charge < -0.3 is 5.32 Å². The SMILES string of the molecule is Cc1ccc(S(=O)(=O)NCC2=CCNCC2)cc1Br.Cl. The first kappa shape index (κ1) is 17.7. The lowest BCUT2D eigenvalue weighted by Gasteiger charge is -2.15. The molecule has 20 heavy (non-hydrogen) atoms. The summed E-state index contributed by atoms with van der Waals surface area (Å²) in [5.74, 6) is 0. The van der Waals surface area contributed by atoms with E-state index in [-0.39, 0.29) is 12.4 Å². The lowest BCUT2D eigenvalue weighted by Crippen LogP contribution is -2.29. The fraction of sp³-hybridized carbons (Fsp3) is 0.385. The molecule has 1 heterocycles. The van der Waals surface area contributed by atoms with Crippen molar-refractivity contribution in [2.45, 2.75) is 18.2 Å². The maximum absolute atomic E-state index is 12.2. The highest BCUT2D eigenvalue weighted by Crippen LogP contribution is 2.20. The molecule has 0 saturated heterocycles. The first-order valence-electron chi connectivity index (χ1n) is 6.13. The monoisotopic (exact) mass is 380 g/mol. The van der Waals surface area contributed by atoms with Gasteiger partial charge in [0.15, 0.2) is 0 Å². The van der Waals surface area contributed by atoms with Crippen LogP contribution in [0.25, 0.3) is 0 Å². The molecule has 2 rings (SSSR count). The zero-order valence-electron chi connectivity index (χ0n) is 11.1. The van der Waals surface area contributed by atoms with Crippen molar-refractivity contribution in [2.75, 3.05) is 19.6 Å². The van der Waals surface area contributed by atoms with Crippen molar-refractivity contribution in [3.05, 3.63) is 39.9 Å². The van der Waals surface area contributed by atoms with E-state index < -0.39 is 10.0 Å². The van der Waals surface area contributed by atoms with Gasteiger partial charge in [-0.15, -0.1) is 12.4 Å². The quantitative estimate of drug-likeness (QED) is 0.787. The standard InChI is InChI=1S/C13H17BrN2O2S.ClH/c1-10-2-3-12(8-13(10)14)19(17,18)16-9-11-4-6-15-7-5-11;/h2-4,8,15-16H,5-7,9H2,1H3;1H. The zero-order valence-corrected chi connectivity index (χ0v) is 14.4. The molecule has 1 aromatic rings. The van der Waals surface area contributed by atoms with Crippen LogP contribution in [0.4, 0.5) is 0 Å². The number of aryl methyl sites for hydroxylation is 1. The average molecular weight is 382 g/mol. The minimum absolute atomic E-state index is 0. The Bertz CT molecular complexity index is 602. The van der Waals surface area contributed by atoms with Crippen LogP contribution in [0.5, 0.6) is 0 Å². The van der Waals surface area contributed by atoms with Crippen LogP contribution in [-0.2, 0) is 10.0 Å². The molecule has 0 spiro atoms. The lowest BCUT2D eigenvalue weighted by atomic mass is 10.1. The Hall–Kier alpha value is -0.400. The maximum Gasteiger partial charge on any atom is 0.240 e. The highest BCUT2D eigenvalue weighted by atomic mass is 79.9. The van der Waals surface area contributed by atoms with E-state index in [9.17, 15) is 8.42 Å². The summed E-state index contributed by atoms with van der Waals surface area (Å²) < 4.78 is 27.8. The molecule has 2 N–H and O–H groups in total. The van der Waals surface area contributed by atoms with Crippen molar-refractivity contribution in [2.24, 2.45) is 0 Å². The number of rotatable bonds is 4. The van der Waals surface area contributed by atoms with Crippen LogP contribution in [0, 0.1) is 6.92 Å². The van der Waals surface area contributed by atoms with Gasteiger partial charge in [0.05, 0.1) is 4.90 Å². The van der Waals surface area contributed by atoms with E-state index in [0.29, 0.717) is 11.4 Å². The second-order valence-electron chi connectivity index (χ2n) is 4.55. The normalized spacial score (nSPS) is 15.4. The van der Waals surface area contributed by atoms with Crippen molar-refractivity contribution < 1.29 is 8.42 Å². The number of halogens is 2. The van der Waals surface area contributed by atoms with Gasteiger partial charge >= 0.3 is 0 Å². The predicted octanol–water partition coefficient (Wildman–Crippen LogP) is 2.38. The molecule has 112 valence electrons. The summed E-state index contributed by atoms with van der Waals surface area (Å²) in [5, 5.41) is 3.20. The van der Waals surface area contributed by atoms with E-state index >= 15 is 0 Å². The molecule has 0 atom stereocenters. The summed E-state index contributed by atoms with van der Waals surface area (Å²) in [6.07, 6.45) is 2.93. The first-order valence-corrected chi connectivity index (χ1v) is 8.41. The summed E-state index contributed by atoms with van der Waals surface area (Å²) in [6.45, 7) is 4.03. The minimum atomic E-state index is -3.44. The Kier molecular flexibility index (Phi) is 6.68. The summed E-state index contributed by atoms with van der Waals surface area (Å²) in [5.41, 5.74) is 2.15. The van der Waals surface area contributed by atoms with E-state index in [1.54, 1.807) is 18.2 Å². The van der Waals surface area contributed by atoms with E-state index in [1.165, 1.54) is 0 Å². The highest BCUT2D eigenvalue weighted by molar-refractivity contribution is 9.10. The molecule has 7 heteroatoms. The summed E-state index contributed by atoms with van der Waals surface area (Å²) in [6, 6.07) is 5.05. The van der Waals surface area contributed by atoms with Crippen LogP contribution >= 0.6 is 28.3 Å². The van der Waals surface area contributed by atoms with Gasteiger partial charge in [0.25, 0.3) is 0 Å². The molecule has 0 bridgehead atoms. The van der Waals surface area contributed by atoms with Crippen molar-refractivity contribution in [3.63, 3.8) is 0 Å². The number of nitrogens with one attached hydrogen (secondary N) is 2. The molecule has 4 nitrogen and oxygen atoms in total. The van der Waals surface area contributed by atoms with Crippen LogP contribution in [0.15, 0.2) is 39.2 Å². The fourth-order valence-corrected chi connectivity index (χ4v) is 3.43. The first-order chi connectivity index (χ1) is 8.99. The van der Waals surface area contributed by atoms with Gasteiger partial charge in [-0.3, -0.25) is 0 Å². The molecule has 0 fully saturated rings. The number of hydrogen-bond acceptors (Lipinski definition) is 3. The number of sulfonamides is 1. The third kappa shape index (κ3) is 4.56. The Morgan fingerprint density at radius 3 is 2.75 bits per heavy atom. The van der Waals surface area contributed by atoms with Gasteiger partial charge in [-0.1, -0.05) is 33.6 Å². The largest absolute Gasteiger partial charge is 0.313 e. The average Bonchev–Trinajstić information content (AvgIpc) is 2.41. The van der Waals surface area contributed by atoms with Crippen LogP contribution in [0.2, 0.25) is 0 Å². The van der Waals surface area contributed by atoms with E-state index in [0.717, 1.165) is 35.1 Å². The van der Waals surface area contributed by atoms with Crippen LogP contribution in [-0.4, -0.2) is 28.1 Å². The van der Waals surface area contributed by atoms with Crippen LogP contribution in [0.1, 0.15) is 12.0 Å². The topological polar surface area (TPSA) is 58.2 Å². The number of hydrogen-bond donors (Lipinski definition) is 2. The van der Waals surface area contributed by atoms with Crippen molar-refractivity contribution in [1.82, 2.24) is 10.0 Å². The molecule has 0 saturated carbocycles. The molecular formula is C13H18BrClN2O2S. The highest BCUT2D eigenvalue weighted by Gasteiger charge is 2.15. The van der Waals surface area contributed by atoms with Crippen LogP contribution in [0.3, 0.4) is 0 Å². The second kappa shape index (κ2) is 7.56. The molecule has 1 aliphatic rings. The maximum atomic E-state index is 12.2. The van der Waals surface area contributed by atoms with Gasteiger partial charge in [0, 0.05) is 17.6 Å². The second-order valence-corrected chi connectivity index (χ2v) is 7.17. The molecule has 0 amide bonds. The minimum Gasteiger partial charge on any atom is -0.313 e. The summed E-state index contributed by atoms with van der Waals surface area (Å²) >= 11 is 3.35. The molecule has 1 aliphatic heterocycles. The van der Waals surface area contributed by atoms with Gasteiger partial charge in [-0.05, 0) is 37.6 Å². The smallest absolute Gasteiger partial charge is 0.240 e. The molecule has 0 aromatic heterocycles. The van der Waals surface area contributed by atoms with E-state index in [2.05, 4.69) is 26.0 Å². The Morgan fingerprint density at radius 1 is 1.40 bits per heavy atom. The lowest BCUT2D eigenvalue weighted by molar-refractivity contribution is 0.582.